The van der Waals surface area contributed by atoms with Crippen molar-refractivity contribution in [2.45, 2.75) is 43.8 Å². The molecule has 4 aliphatic heterocycles. The Hall–Kier alpha value is -5.22. The van der Waals surface area contributed by atoms with Crippen LogP contribution in [0, 0.1) is 5.82 Å². The summed E-state index contributed by atoms with van der Waals surface area (Å²) in [7, 11) is 0. The van der Waals surface area contributed by atoms with E-state index >= 15 is 4.39 Å². The summed E-state index contributed by atoms with van der Waals surface area (Å²) in [6.07, 6.45) is 0.403. The van der Waals surface area contributed by atoms with Crippen molar-refractivity contribution >= 4 is 23.4 Å². The van der Waals surface area contributed by atoms with Crippen molar-refractivity contribution in [1.29, 1.82) is 0 Å². The maximum atomic E-state index is 15.8. The molecule has 0 bridgehead atoms. The monoisotopic (exact) mass is 660 g/mol. The van der Waals surface area contributed by atoms with Gasteiger partial charge in [0.15, 0.2) is 0 Å². The molecule has 0 saturated carbocycles. The number of aromatic hydroxyl groups is 1. The van der Waals surface area contributed by atoms with Crippen LogP contribution >= 0.6 is 0 Å². The highest BCUT2D eigenvalue weighted by atomic mass is 19.1. The first kappa shape index (κ1) is 31.1. The first-order valence-corrected chi connectivity index (χ1v) is 16.9. The molecule has 2 N–H and O–H groups in total. The van der Waals surface area contributed by atoms with Crippen molar-refractivity contribution in [2.24, 2.45) is 0 Å². The number of hydrogen-bond acceptors (Lipinski definition) is 7. The fourth-order valence-corrected chi connectivity index (χ4v) is 7.87. The number of nitrogens with zero attached hydrogens (tertiary/aromatic N) is 3. The third-order valence-corrected chi connectivity index (χ3v) is 10.5. The third-order valence-electron chi connectivity index (χ3n) is 10.5. The van der Waals surface area contributed by atoms with Gasteiger partial charge >= 0.3 is 0 Å². The minimum Gasteiger partial charge on any atom is -0.508 e. The Balaban J connectivity index is 0.934. The summed E-state index contributed by atoms with van der Waals surface area (Å²) in [6.45, 7) is 4.07. The molecular formula is C39H37FN4O5. The van der Waals surface area contributed by atoms with E-state index in [1.165, 1.54) is 16.0 Å². The van der Waals surface area contributed by atoms with Gasteiger partial charge in [0.2, 0.25) is 11.8 Å². The van der Waals surface area contributed by atoms with E-state index in [0.29, 0.717) is 24.3 Å². The van der Waals surface area contributed by atoms with Crippen LogP contribution in [-0.4, -0.2) is 71.5 Å². The molecule has 0 spiro atoms. The van der Waals surface area contributed by atoms with Crippen LogP contribution in [0.5, 0.6) is 11.5 Å². The van der Waals surface area contributed by atoms with Crippen molar-refractivity contribution in [3.8, 4) is 11.5 Å². The van der Waals surface area contributed by atoms with Gasteiger partial charge in [-0.25, -0.2) is 4.39 Å². The molecule has 2 saturated heterocycles. The van der Waals surface area contributed by atoms with Crippen molar-refractivity contribution in [1.82, 2.24) is 15.1 Å². The maximum absolute atomic E-state index is 15.8. The average Bonchev–Trinajstić information content (AvgIpc) is 3.46. The van der Waals surface area contributed by atoms with Gasteiger partial charge in [-0.05, 0) is 41.8 Å². The molecule has 4 aromatic carbocycles. The molecule has 3 amide bonds. The predicted molar refractivity (Wildman–Crippen MR) is 181 cm³/mol. The number of nitrogens with one attached hydrogen (secondary N) is 1. The summed E-state index contributed by atoms with van der Waals surface area (Å²) in [5.41, 5.74) is 5.74. The number of piperazine rings is 1. The largest absolute Gasteiger partial charge is 0.508 e. The number of imide groups is 1. The highest BCUT2D eigenvalue weighted by Crippen LogP contribution is 2.47. The molecule has 4 aliphatic rings. The molecule has 1 unspecified atom stereocenters. The minimum atomic E-state index is -0.769. The Labute approximate surface area is 283 Å². The summed E-state index contributed by atoms with van der Waals surface area (Å²) in [6, 6.07) is 27.1. The number of hydrogen-bond donors (Lipinski definition) is 2. The molecule has 0 aliphatic carbocycles. The first-order valence-electron chi connectivity index (χ1n) is 16.9. The Morgan fingerprint density at radius 1 is 0.878 bits per heavy atom. The van der Waals surface area contributed by atoms with Gasteiger partial charge in [-0.2, -0.15) is 0 Å². The van der Waals surface area contributed by atoms with Gasteiger partial charge in [0.25, 0.3) is 5.91 Å². The van der Waals surface area contributed by atoms with Crippen LogP contribution in [-0.2, 0) is 22.7 Å². The molecule has 250 valence electrons. The van der Waals surface area contributed by atoms with Crippen LogP contribution in [0.2, 0.25) is 0 Å². The summed E-state index contributed by atoms with van der Waals surface area (Å²) in [4.78, 5) is 43.0. The summed E-state index contributed by atoms with van der Waals surface area (Å²) >= 11 is 0. The van der Waals surface area contributed by atoms with Crippen LogP contribution in [0.15, 0.2) is 84.9 Å². The van der Waals surface area contributed by atoms with Crippen LogP contribution in [0.3, 0.4) is 0 Å². The van der Waals surface area contributed by atoms with Crippen LogP contribution in [0.25, 0.3) is 0 Å². The van der Waals surface area contributed by atoms with Crippen molar-refractivity contribution < 1.29 is 28.6 Å². The summed E-state index contributed by atoms with van der Waals surface area (Å²) in [5.74, 6) is -0.500. The van der Waals surface area contributed by atoms with Crippen molar-refractivity contribution in [3.63, 3.8) is 0 Å². The van der Waals surface area contributed by atoms with E-state index in [2.05, 4.69) is 63.6 Å². The first-order chi connectivity index (χ1) is 23.8. The number of amides is 3. The van der Waals surface area contributed by atoms with E-state index in [-0.39, 0.29) is 54.3 Å². The predicted octanol–water partition coefficient (Wildman–Crippen LogP) is 4.92. The number of ether oxygens (including phenoxy) is 1. The zero-order chi connectivity index (χ0) is 33.6. The smallest absolute Gasteiger partial charge is 0.255 e. The van der Waals surface area contributed by atoms with Crippen LogP contribution in [0.1, 0.15) is 62.9 Å². The maximum Gasteiger partial charge on any atom is 0.255 e. The summed E-state index contributed by atoms with van der Waals surface area (Å²) in [5, 5.41) is 12.4. The normalized spacial score (nSPS) is 22.4. The lowest BCUT2D eigenvalue weighted by Gasteiger charge is -2.37. The van der Waals surface area contributed by atoms with Crippen molar-refractivity contribution in [2.75, 3.05) is 37.7 Å². The summed E-state index contributed by atoms with van der Waals surface area (Å²) < 4.78 is 21.9. The van der Waals surface area contributed by atoms with E-state index in [4.69, 9.17) is 4.74 Å². The standard InChI is InChI=1S/C39H37FN4O5/c40-37-26(8-12-29-31(37)22-44(39(29)48)33-14-15-35(46)41-38(33)47)21-42-16-18-43(19-17-42)27-9-6-25(7-10-27)36-30-13-11-28(45)20-34(30)49-23-32(36)24-4-2-1-3-5-24/h1-13,20,32-33,36,45H,14-19,21-23H2,(H,41,46,47)/t32-,33?,36-/m1/s1. The Morgan fingerprint density at radius 2 is 1.65 bits per heavy atom. The van der Waals surface area contributed by atoms with Gasteiger partial charge in [-0.15, -0.1) is 0 Å². The lowest BCUT2D eigenvalue weighted by molar-refractivity contribution is -0.136. The average molecular weight is 661 g/mol. The fraction of sp³-hybridized carbons (Fsp3) is 0.308. The molecule has 9 nitrogen and oxygen atoms in total. The van der Waals surface area contributed by atoms with Crippen LogP contribution < -0.4 is 15.0 Å². The molecular weight excluding hydrogens is 623 g/mol. The lowest BCUT2D eigenvalue weighted by atomic mass is 9.76. The number of carbonyl (C=O) groups is 3. The molecule has 0 aromatic heterocycles. The molecule has 8 rings (SSSR count). The van der Waals surface area contributed by atoms with E-state index in [9.17, 15) is 19.5 Å². The Kier molecular flexibility index (Phi) is 8.03. The van der Waals surface area contributed by atoms with E-state index in [1.54, 1.807) is 24.3 Å². The Bertz CT molecular complexity index is 1930. The number of phenols is 1. The Morgan fingerprint density at radius 3 is 2.41 bits per heavy atom. The second-order valence-electron chi connectivity index (χ2n) is 13.3. The second-order valence-corrected chi connectivity index (χ2v) is 13.3. The van der Waals surface area contributed by atoms with E-state index < -0.39 is 17.8 Å². The second kappa shape index (κ2) is 12.7. The number of piperidine rings is 1. The zero-order valence-corrected chi connectivity index (χ0v) is 27.0. The molecule has 10 heteroatoms. The fourth-order valence-electron chi connectivity index (χ4n) is 7.87. The van der Waals surface area contributed by atoms with Gasteiger partial charge in [0, 0.05) is 85.0 Å². The number of carbonyl (C=O) groups excluding carboxylic acids is 3. The topological polar surface area (TPSA) is 102 Å². The molecule has 4 heterocycles. The number of rotatable bonds is 6. The number of halogens is 1. The van der Waals surface area contributed by atoms with Gasteiger partial charge in [0.05, 0.1) is 13.2 Å². The van der Waals surface area contributed by atoms with E-state index in [0.717, 1.165) is 43.2 Å². The van der Waals surface area contributed by atoms with Gasteiger partial charge < -0.3 is 19.6 Å². The van der Waals surface area contributed by atoms with Gasteiger partial charge in [-0.3, -0.25) is 24.6 Å². The van der Waals surface area contributed by atoms with E-state index in [1.807, 2.05) is 12.1 Å². The van der Waals surface area contributed by atoms with Crippen molar-refractivity contribution in [3.05, 3.63) is 124 Å². The van der Waals surface area contributed by atoms with Crippen LogP contribution in [0.4, 0.5) is 10.1 Å². The molecule has 2 fully saturated rings. The number of fused-ring (bicyclic) bond motifs is 2. The number of benzene rings is 4. The van der Waals surface area contributed by atoms with Gasteiger partial charge in [0.1, 0.15) is 23.4 Å². The number of anilines is 1. The quantitative estimate of drug-likeness (QED) is 0.283. The molecule has 3 atom stereocenters. The molecule has 4 aromatic rings. The SMILES string of the molecule is O=C1CCC(N2Cc3c(ccc(CN4CCN(c5ccc([C@@H]6c7ccc(O)cc7OC[C@@H]6c6ccccc6)cc5)CC4)c3F)C2=O)C(=O)N1. The third kappa shape index (κ3) is 5.80. The highest BCUT2D eigenvalue weighted by molar-refractivity contribution is 6.05. The molecule has 0 radical (unpaired) electrons. The highest BCUT2D eigenvalue weighted by Gasteiger charge is 2.41. The molecule has 49 heavy (non-hydrogen) atoms. The zero-order valence-electron chi connectivity index (χ0n) is 27.0. The minimum absolute atomic E-state index is 0.0257. The lowest BCUT2D eigenvalue weighted by Crippen LogP contribution is -2.52. The van der Waals surface area contributed by atoms with Gasteiger partial charge in [-0.1, -0.05) is 54.6 Å². The number of phenolic OH excluding ortho intramolecular Hbond substituents is 1.